The standard InChI is InChI=1S/C16H24N2O/c1-4-13-8-9-15-14(10-13)18-16(19-15)11(2)6-5-7-12(3)17/h8-12H,4-7,17H2,1-3H3. The Hall–Kier alpha value is -1.35. The van der Waals surface area contributed by atoms with Crippen LogP contribution >= 0.6 is 0 Å². The third kappa shape index (κ3) is 3.57. The van der Waals surface area contributed by atoms with E-state index in [-0.39, 0.29) is 6.04 Å². The van der Waals surface area contributed by atoms with Crippen molar-refractivity contribution < 1.29 is 4.42 Å². The van der Waals surface area contributed by atoms with Crippen molar-refractivity contribution in [2.24, 2.45) is 5.73 Å². The highest BCUT2D eigenvalue weighted by atomic mass is 16.3. The van der Waals surface area contributed by atoms with Gasteiger partial charge in [-0.3, -0.25) is 0 Å². The first-order valence-electron chi connectivity index (χ1n) is 7.25. The third-order valence-corrected chi connectivity index (χ3v) is 3.59. The quantitative estimate of drug-likeness (QED) is 0.853. The van der Waals surface area contributed by atoms with E-state index in [1.165, 1.54) is 5.56 Å². The first kappa shape index (κ1) is 14.1. The molecule has 2 atom stereocenters. The number of hydrogen-bond acceptors (Lipinski definition) is 3. The molecular formula is C16H24N2O. The second kappa shape index (κ2) is 6.20. The first-order valence-corrected chi connectivity index (χ1v) is 7.25. The van der Waals surface area contributed by atoms with E-state index < -0.39 is 0 Å². The Balaban J connectivity index is 2.07. The molecule has 1 aromatic carbocycles. The van der Waals surface area contributed by atoms with Gasteiger partial charge in [-0.05, 0) is 43.9 Å². The summed E-state index contributed by atoms with van der Waals surface area (Å²) in [7, 11) is 0. The van der Waals surface area contributed by atoms with Crippen LogP contribution < -0.4 is 5.73 Å². The van der Waals surface area contributed by atoms with Crippen LogP contribution in [0.25, 0.3) is 11.1 Å². The van der Waals surface area contributed by atoms with E-state index in [1.807, 2.05) is 6.07 Å². The lowest BCUT2D eigenvalue weighted by molar-refractivity contribution is 0.452. The molecule has 3 heteroatoms. The molecule has 3 nitrogen and oxygen atoms in total. The highest BCUT2D eigenvalue weighted by Gasteiger charge is 2.13. The average molecular weight is 260 g/mol. The summed E-state index contributed by atoms with van der Waals surface area (Å²) in [4.78, 5) is 4.62. The lowest BCUT2D eigenvalue weighted by atomic mass is 10.0. The maximum Gasteiger partial charge on any atom is 0.198 e. The van der Waals surface area contributed by atoms with Crippen LogP contribution in [-0.2, 0) is 6.42 Å². The van der Waals surface area contributed by atoms with Crippen molar-refractivity contribution in [3.05, 3.63) is 29.7 Å². The van der Waals surface area contributed by atoms with Crippen molar-refractivity contribution in [3.63, 3.8) is 0 Å². The molecule has 0 aliphatic rings. The predicted octanol–water partition coefficient (Wildman–Crippen LogP) is 4.01. The van der Waals surface area contributed by atoms with Gasteiger partial charge in [-0.2, -0.15) is 0 Å². The van der Waals surface area contributed by atoms with Gasteiger partial charge in [-0.1, -0.05) is 26.3 Å². The fourth-order valence-corrected chi connectivity index (χ4v) is 2.29. The number of aryl methyl sites for hydroxylation is 1. The summed E-state index contributed by atoms with van der Waals surface area (Å²) in [5.41, 5.74) is 8.95. The lowest BCUT2D eigenvalue weighted by Crippen LogP contribution is -2.14. The van der Waals surface area contributed by atoms with Crippen molar-refractivity contribution >= 4 is 11.1 Å². The van der Waals surface area contributed by atoms with Gasteiger partial charge in [-0.15, -0.1) is 0 Å². The molecule has 0 bridgehead atoms. The Bertz CT molecular complexity index is 531. The van der Waals surface area contributed by atoms with Crippen LogP contribution in [-0.4, -0.2) is 11.0 Å². The molecule has 0 saturated heterocycles. The van der Waals surface area contributed by atoms with E-state index in [1.54, 1.807) is 0 Å². The number of fused-ring (bicyclic) bond motifs is 1. The van der Waals surface area contributed by atoms with Crippen molar-refractivity contribution in [2.45, 2.75) is 58.4 Å². The molecule has 0 aliphatic carbocycles. The van der Waals surface area contributed by atoms with Crippen LogP contribution in [0, 0.1) is 0 Å². The van der Waals surface area contributed by atoms with E-state index in [2.05, 4.69) is 37.9 Å². The van der Waals surface area contributed by atoms with Gasteiger partial charge in [-0.25, -0.2) is 4.98 Å². The minimum atomic E-state index is 0.281. The van der Waals surface area contributed by atoms with E-state index >= 15 is 0 Å². The van der Waals surface area contributed by atoms with Gasteiger partial charge >= 0.3 is 0 Å². The SMILES string of the molecule is CCc1ccc2oc(C(C)CCCC(C)N)nc2c1. The maximum atomic E-state index is 5.84. The summed E-state index contributed by atoms with van der Waals surface area (Å²) in [6, 6.07) is 6.54. The Kier molecular flexibility index (Phi) is 4.59. The molecule has 1 aromatic heterocycles. The molecule has 0 amide bonds. The van der Waals surface area contributed by atoms with Crippen LogP contribution in [0.5, 0.6) is 0 Å². The topological polar surface area (TPSA) is 52.0 Å². The molecule has 0 radical (unpaired) electrons. The maximum absolute atomic E-state index is 5.84. The van der Waals surface area contributed by atoms with Crippen molar-refractivity contribution in [2.75, 3.05) is 0 Å². The molecule has 2 unspecified atom stereocenters. The molecular weight excluding hydrogens is 236 g/mol. The fraction of sp³-hybridized carbons (Fsp3) is 0.562. The van der Waals surface area contributed by atoms with Crippen LogP contribution in [0.3, 0.4) is 0 Å². The highest BCUT2D eigenvalue weighted by Crippen LogP contribution is 2.25. The summed E-state index contributed by atoms with van der Waals surface area (Å²) in [6.07, 6.45) is 4.29. The van der Waals surface area contributed by atoms with Gasteiger partial charge in [0.1, 0.15) is 5.52 Å². The number of oxazole rings is 1. The Morgan fingerprint density at radius 2 is 2.05 bits per heavy atom. The van der Waals surface area contributed by atoms with Crippen LogP contribution in [0.15, 0.2) is 22.6 Å². The summed E-state index contributed by atoms with van der Waals surface area (Å²) in [5.74, 6) is 1.21. The normalized spacial score (nSPS) is 14.7. The van der Waals surface area contributed by atoms with Crippen molar-refractivity contribution in [1.29, 1.82) is 0 Å². The van der Waals surface area contributed by atoms with Gasteiger partial charge in [0.05, 0.1) is 0 Å². The molecule has 104 valence electrons. The second-order valence-corrected chi connectivity index (χ2v) is 5.52. The summed E-state index contributed by atoms with van der Waals surface area (Å²) >= 11 is 0. The zero-order valence-electron chi connectivity index (χ0n) is 12.1. The number of benzene rings is 1. The Morgan fingerprint density at radius 3 is 2.74 bits per heavy atom. The number of nitrogens with two attached hydrogens (primary N) is 1. The first-order chi connectivity index (χ1) is 9.10. The highest BCUT2D eigenvalue weighted by molar-refractivity contribution is 5.73. The van der Waals surface area contributed by atoms with Crippen LogP contribution in [0.4, 0.5) is 0 Å². The second-order valence-electron chi connectivity index (χ2n) is 5.52. The van der Waals surface area contributed by atoms with E-state index in [0.717, 1.165) is 42.7 Å². The Labute approximate surface area is 115 Å². The van der Waals surface area contributed by atoms with Gasteiger partial charge in [0, 0.05) is 12.0 Å². The minimum absolute atomic E-state index is 0.281. The average Bonchev–Trinajstić information content (AvgIpc) is 2.80. The number of hydrogen-bond donors (Lipinski definition) is 1. The zero-order chi connectivity index (χ0) is 13.8. The van der Waals surface area contributed by atoms with Gasteiger partial charge in [0.25, 0.3) is 0 Å². The fourth-order valence-electron chi connectivity index (χ4n) is 2.29. The summed E-state index contributed by atoms with van der Waals surface area (Å²) < 4.78 is 5.84. The zero-order valence-corrected chi connectivity index (χ0v) is 12.1. The van der Waals surface area contributed by atoms with E-state index in [9.17, 15) is 0 Å². The van der Waals surface area contributed by atoms with E-state index in [4.69, 9.17) is 10.2 Å². The summed E-state index contributed by atoms with van der Waals surface area (Å²) in [5, 5.41) is 0. The molecule has 1 heterocycles. The van der Waals surface area contributed by atoms with Crippen molar-refractivity contribution in [3.8, 4) is 0 Å². The summed E-state index contributed by atoms with van der Waals surface area (Å²) in [6.45, 7) is 6.38. The molecule has 0 saturated carbocycles. The lowest BCUT2D eigenvalue weighted by Gasteiger charge is -2.08. The molecule has 2 rings (SSSR count). The monoisotopic (exact) mass is 260 g/mol. The largest absolute Gasteiger partial charge is 0.440 e. The molecule has 0 spiro atoms. The van der Waals surface area contributed by atoms with Crippen LogP contribution in [0.2, 0.25) is 0 Å². The molecule has 2 N–H and O–H groups in total. The van der Waals surface area contributed by atoms with Gasteiger partial charge in [0.2, 0.25) is 0 Å². The van der Waals surface area contributed by atoms with Crippen molar-refractivity contribution in [1.82, 2.24) is 4.98 Å². The predicted molar refractivity (Wildman–Crippen MR) is 79.3 cm³/mol. The van der Waals surface area contributed by atoms with Crippen LogP contribution in [0.1, 0.15) is 57.4 Å². The number of aromatic nitrogens is 1. The third-order valence-electron chi connectivity index (χ3n) is 3.59. The number of nitrogens with zero attached hydrogens (tertiary/aromatic N) is 1. The molecule has 0 fully saturated rings. The molecule has 0 aliphatic heterocycles. The number of rotatable bonds is 6. The van der Waals surface area contributed by atoms with Gasteiger partial charge < -0.3 is 10.2 Å². The van der Waals surface area contributed by atoms with Gasteiger partial charge in [0.15, 0.2) is 11.5 Å². The molecule has 2 aromatic rings. The molecule has 19 heavy (non-hydrogen) atoms. The van der Waals surface area contributed by atoms with E-state index in [0.29, 0.717) is 5.92 Å². The smallest absolute Gasteiger partial charge is 0.198 e. The minimum Gasteiger partial charge on any atom is -0.440 e. The Morgan fingerprint density at radius 1 is 1.26 bits per heavy atom.